The lowest BCUT2D eigenvalue weighted by atomic mass is 9.97. The van der Waals surface area contributed by atoms with Crippen LogP contribution >= 0.6 is 0 Å². The summed E-state index contributed by atoms with van der Waals surface area (Å²) >= 11 is 0. The van der Waals surface area contributed by atoms with Gasteiger partial charge in [0.05, 0.1) is 4.90 Å². The van der Waals surface area contributed by atoms with E-state index in [0.717, 1.165) is 19.3 Å². The maximum atomic E-state index is 13.2. The molecule has 2 N–H and O–H groups in total. The van der Waals surface area contributed by atoms with Crippen LogP contribution in [-0.4, -0.2) is 43.7 Å². The highest BCUT2D eigenvalue weighted by Gasteiger charge is 2.29. The fourth-order valence-electron chi connectivity index (χ4n) is 3.94. The maximum Gasteiger partial charge on any atom is 0.251 e. The normalized spacial score (nSPS) is 16.6. The number of carbonyl (C=O) groups excluding carboxylic acids is 2. The molecule has 0 spiro atoms. The van der Waals surface area contributed by atoms with Gasteiger partial charge < -0.3 is 10.6 Å². The molecule has 1 saturated heterocycles. The van der Waals surface area contributed by atoms with E-state index in [9.17, 15) is 18.0 Å². The molecule has 2 unspecified atom stereocenters. The third-order valence-electron chi connectivity index (χ3n) is 6.21. The maximum absolute atomic E-state index is 13.2. The van der Waals surface area contributed by atoms with Gasteiger partial charge in [-0.1, -0.05) is 51.0 Å². The second kappa shape index (κ2) is 10.9. The Morgan fingerprint density at radius 2 is 1.70 bits per heavy atom. The molecule has 2 amide bonds. The Balaban J connectivity index is 1.81. The van der Waals surface area contributed by atoms with Crippen LogP contribution in [0.5, 0.6) is 0 Å². The first-order valence-electron chi connectivity index (χ1n) is 11.5. The molecule has 0 aromatic heterocycles. The number of amides is 2. The molecule has 2 aromatic carbocycles. The van der Waals surface area contributed by atoms with E-state index >= 15 is 0 Å². The molecule has 0 aliphatic carbocycles. The van der Waals surface area contributed by atoms with Crippen LogP contribution in [0.1, 0.15) is 55.5 Å². The Kier molecular flexibility index (Phi) is 8.26. The quantitative estimate of drug-likeness (QED) is 0.609. The smallest absolute Gasteiger partial charge is 0.251 e. The number of anilines is 1. The van der Waals surface area contributed by atoms with E-state index in [0.29, 0.717) is 36.3 Å². The highest BCUT2D eigenvalue weighted by atomic mass is 32.2. The first kappa shape index (κ1) is 24.9. The fourth-order valence-corrected chi connectivity index (χ4v) is 5.70. The zero-order chi connectivity index (χ0) is 24.0. The molecule has 0 radical (unpaired) electrons. The summed E-state index contributed by atoms with van der Waals surface area (Å²) in [5.41, 5.74) is 1.50. The Morgan fingerprint density at radius 3 is 2.33 bits per heavy atom. The lowest BCUT2D eigenvalue weighted by Gasteiger charge is -2.27. The average Bonchev–Trinajstić information content (AvgIpc) is 2.84. The third kappa shape index (κ3) is 6.00. The topological polar surface area (TPSA) is 95.6 Å². The Bertz CT molecular complexity index is 1080. The van der Waals surface area contributed by atoms with Crippen molar-refractivity contribution in [2.75, 3.05) is 18.4 Å². The predicted molar refractivity (Wildman–Crippen MR) is 130 cm³/mol. The number of sulfonamides is 1. The summed E-state index contributed by atoms with van der Waals surface area (Å²) in [4.78, 5) is 26.0. The molecule has 2 atom stereocenters. The van der Waals surface area contributed by atoms with Gasteiger partial charge in [0.25, 0.3) is 5.91 Å². The van der Waals surface area contributed by atoms with E-state index in [-0.39, 0.29) is 22.6 Å². The van der Waals surface area contributed by atoms with Crippen LogP contribution in [0, 0.1) is 12.8 Å². The largest absolute Gasteiger partial charge is 0.340 e. The van der Waals surface area contributed by atoms with Crippen molar-refractivity contribution in [3.05, 3.63) is 59.7 Å². The van der Waals surface area contributed by atoms with Crippen molar-refractivity contribution in [2.24, 2.45) is 5.92 Å². The van der Waals surface area contributed by atoms with Gasteiger partial charge in [-0.15, -0.1) is 0 Å². The van der Waals surface area contributed by atoms with Crippen molar-refractivity contribution in [3.63, 3.8) is 0 Å². The van der Waals surface area contributed by atoms with Gasteiger partial charge in [0.2, 0.25) is 15.9 Å². The summed E-state index contributed by atoms with van der Waals surface area (Å²) in [6, 6.07) is 12.9. The number of carbonyl (C=O) groups is 2. The zero-order valence-corrected chi connectivity index (χ0v) is 20.3. The predicted octanol–water partition coefficient (Wildman–Crippen LogP) is 3.95. The van der Waals surface area contributed by atoms with Crippen molar-refractivity contribution >= 4 is 27.5 Å². The summed E-state index contributed by atoms with van der Waals surface area (Å²) in [6.07, 6.45) is 3.43. The molecule has 0 bridgehead atoms. The molecular weight excluding hydrogens is 438 g/mol. The van der Waals surface area contributed by atoms with Crippen molar-refractivity contribution in [2.45, 2.75) is 57.4 Å². The lowest BCUT2D eigenvalue weighted by molar-refractivity contribution is -0.119. The van der Waals surface area contributed by atoms with Crippen molar-refractivity contribution in [1.29, 1.82) is 0 Å². The van der Waals surface area contributed by atoms with Crippen LogP contribution in [0.4, 0.5) is 5.69 Å². The molecule has 1 aliphatic rings. The van der Waals surface area contributed by atoms with Crippen LogP contribution in [0.2, 0.25) is 0 Å². The van der Waals surface area contributed by atoms with Crippen LogP contribution in [-0.2, 0) is 14.8 Å². The Morgan fingerprint density at radius 1 is 1.03 bits per heavy atom. The summed E-state index contributed by atoms with van der Waals surface area (Å²) < 4.78 is 27.9. The van der Waals surface area contributed by atoms with Crippen LogP contribution in [0.3, 0.4) is 0 Å². The van der Waals surface area contributed by atoms with E-state index in [1.807, 2.05) is 19.9 Å². The van der Waals surface area contributed by atoms with E-state index in [1.165, 1.54) is 10.4 Å². The number of benzene rings is 2. The molecule has 8 heteroatoms. The summed E-state index contributed by atoms with van der Waals surface area (Å²) in [7, 11) is -3.63. The first-order valence-corrected chi connectivity index (χ1v) is 13.0. The number of nitrogens with one attached hydrogen (secondary N) is 2. The number of aryl methyl sites for hydroxylation is 1. The van der Waals surface area contributed by atoms with E-state index in [4.69, 9.17) is 0 Å². The summed E-state index contributed by atoms with van der Waals surface area (Å²) in [5.74, 6) is -0.813. The molecule has 0 saturated carbocycles. The number of hydrogen-bond donors (Lipinski definition) is 2. The minimum Gasteiger partial charge on any atom is -0.340 e. The van der Waals surface area contributed by atoms with Crippen LogP contribution in [0.15, 0.2) is 53.4 Å². The minimum atomic E-state index is -3.63. The van der Waals surface area contributed by atoms with Crippen LogP contribution in [0.25, 0.3) is 0 Å². The minimum absolute atomic E-state index is 0.111. The second-order valence-corrected chi connectivity index (χ2v) is 10.5. The van der Waals surface area contributed by atoms with Gasteiger partial charge in [-0.3, -0.25) is 9.59 Å². The summed E-state index contributed by atoms with van der Waals surface area (Å²) in [6.45, 7) is 6.64. The molecular formula is C25H33N3O4S. The molecule has 1 heterocycles. The SMILES string of the molecule is CCC(C)C(NC(=O)c1ccccc1)C(=O)Nc1ccc(C)c(S(=O)(=O)N2CCCCC2)c1. The molecule has 178 valence electrons. The fraction of sp³-hybridized carbons (Fsp3) is 0.440. The molecule has 2 aromatic rings. The number of hydrogen-bond acceptors (Lipinski definition) is 4. The number of rotatable bonds is 8. The molecule has 33 heavy (non-hydrogen) atoms. The lowest BCUT2D eigenvalue weighted by Crippen LogP contribution is -2.47. The molecule has 1 aliphatic heterocycles. The van der Waals surface area contributed by atoms with Gasteiger partial charge in [-0.05, 0) is 55.5 Å². The van der Waals surface area contributed by atoms with Gasteiger partial charge in [0, 0.05) is 24.3 Å². The van der Waals surface area contributed by atoms with E-state index < -0.39 is 16.1 Å². The zero-order valence-electron chi connectivity index (χ0n) is 19.5. The third-order valence-corrected chi connectivity index (χ3v) is 8.25. The highest BCUT2D eigenvalue weighted by molar-refractivity contribution is 7.89. The van der Waals surface area contributed by atoms with Gasteiger partial charge in [-0.2, -0.15) is 4.31 Å². The van der Waals surface area contributed by atoms with Crippen molar-refractivity contribution in [1.82, 2.24) is 9.62 Å². The van der Waals surface area contributed by atoms with Gasteiger partial charge in [0.15, 0.2) is 0 Å². The number of piperidine rings is 1. The number of nitrogens with zero attached hydrogens (tertiary/aromatic N) is 1. The first-order chi connectivity index (χ1) is 15.7. The van der Waals surface area contributed by atoms with Gasteiger partial charge in [-0.25, -0.2) is 8.42 Å². The average molecular weight is 472 g/mol. The molecule has 7 nitrogen and oxygen atoms in total. The van der Waals surface area contributed by atoms with E-state index in [2.05, 4.69) is 10.6 Å². The van der Waals surface area contributed by atoms with Crippen molar-refractivity contribution in [3.8, 4) is 0 Å². The summed E-state index contributed by atoms with van der Waals surface area (Å²) in [5, 5.41) is 5.65. The van der Waals surface area contributed by atoms with E-state index in [1.54, 1.807) is 43.3 Å². The molecule has 1 fully saturated rings. The highest BCUT2D eigenvalue weighted by Crippen LogP contribution is 2.26. The Labute approximate surface area is 196 Å². The van der Waals surface area contributed by atoms with Gasteiger partial charge in [0.1, 0.15) is 6.04 Å². The monoisotopic (exact) mass is 471 g/mol. The standard InChI is InChI=1S/C25H33N3O4S/c1-4-18(2)23(27-24(29)20-11-7-5-8-12-20)25(30)26-21-14-13-19(3)22(17-21)33(31,32)28-15-9-6-10-16-28/h5,7-8,11-14,17-18,23H,4,6,9-10,15-16H2,1-3H3,(H,26,30)(H,27,29). The van der Waals surface area contributed by atoms with Gasteiger partial charge >= 0.3 is 0 Å². The second-order valence-electron chi connectivity index (χ2n) is 8.64. The van der Waals surface area contributed by atoms with Crippen LogP contribution < -0.4 is 10.6 Å². The molecule has 3 rings (SSSR count). The van der Waals surface area contributed by atoms with Crippen molar-refractivity contribution < 1.29 is 18.0 Å². The Hall–Kier alpha value is -2.71.